The van der Waals surface area contributed by atoms with E-state index >= 15 is 0 Å². The van der Waals surface area contributed by atoms with Crippen molar-refractivity contribution in [2.24, 2.45) is 0 Å². The highest BCUT2D eigenvalue weighted by Gasteiger charge is 2.19. The number of carbonyl (C=O) groups is 1. The van der Waals surface area contributed by atoms with E-state index in [2.05, 4.69) is 16.8 Å². The Kier molecular flexibility index (Phi) is 3.57. The molecule has 0 spiro atoms. The third kappa shape index (κ3) is 2.48. The number of hydrogen-bond donors (Lipinski definition) is 0. The molecule has 1 aliphatic rings. The van der Waals surface area contributed by atoms with E-state index in [1.807, 2.05) is 0 Å². The average Bonchev–Trinajstić information content (AvgIpc) is 2.39. The standard InChI is InChI=1S/C12H15N3O3/c1-13-4-6-14(7-5-13)11-3-2-10(9-16)12(8-11)15(17)18/h2-3,8-9H,4-7H2,1H3. The third-order valence-corrected chi connectivity index (χ3v) is 3.21. The lowest BCUT2D eigenvalue weighted by Crippen LogP contribution is -2.44. The van der Waals surface area contributed by atoms with E-state index < -0.39 is 4.92 Å². The van der Waals surface area contributed by atoms with Crippen LogP contribution < -0.4 is 4.90 Å². The number of piperazine rings is 1. The minimum Gasteiger partial charge on any atom is -0.369 e. The largest absolute Gasteiger partial charge is 0.369 e. The van der Waals surface area contributed by atoms with Gasteiger partial charge in [0.1, 0.15) is 0 Å². The SMILES string of the molecule is CN1CCN(c2ccc(C=O)c([N+](=O)[O-])c2)CC1. The molecule has 18 heavy (non-hydrogen) atoms. The molecule has 0 aromatic heterocycles. The van der Waals surface area contributed by atoms with E-state index in [4.69, 9.17) is 0 Å². The van der Waals surface area contributed by atoms with Crippen LogP contribution in [0.4, 0.5) is 11.4 Å². The van der Waals surface area contributed by atoms with E-state index in [-0.39, 0.29) is 11.3 Å². The van der Waals surface area contributed by atoms with Crippen LogP contribution in [-0.4, -0.2) is 49.3 Å². The zero-order valence-electron chi connectivity index (χ0n) is 10.2. The molecule has 0 atom stereocenters. The van der Waals surface area contributed by atoms with Crippen molar-refractivity contribution < 1.29 is 9.72 Å². The number of nitrogens with zero attached hydrogens (tertiary/aromatic N) is 3. The molecular weight excluding hydrogens is 234 g/mol. The van der Waals surface area contributed by atoms with Gasteiger partial charge < -0.3 is 9.80 Å². The van der Waals surface area contributed by atoms with Gasteiger partial charge in [-0.2, -0.15) is 0 Å². The van der Waals surface area contributed by atoms with E-state index in [9.17, 15) is 14.9 Å². The molecule has 1 saturated heterocycles. The summed E-state index contributed by atoms with van der Waals surface area (Å²) in [4.78, 5) is 25.4. The van der Waals surface area contributed by atoms with Crippen molar-refractivity contribution in [2.45, 2.75) is 0 Å². The second-order valence-electron chi connectivity index (χ2n) is 4.41. The zero-order chi connectivity index (χ0) is 13.1. The first kappa shape index (κ1) is 12.5. The fraction of sp³-hybridized carbons (Fsp3) is 0.417. The Morgan fingerprint density at radius 3 is 2.50 bits per heavy atom. The van der Waals surface area contributed by atoms with Crippen molar-refractivity contribution >= 4 is 17.7 Å². The maximum atomic E-state index is 10.9. The Morgan fingerprint density at radius 2 is 1.94 bits per heavy atom. The lowest BCUT2D eigenvalue weighted by Gasteiger charge is -2.33. The van der Waals surface area contributed by atoms with Gasteiger partial charge in [-0.3, -0.25) is 14.9 Å². The zero-order valence-corrected chi connectivity index (χ0v) is 10.2. The topological polar surface area (TPSA) is 66.7 Å². The van der Waals surface area contributed by atoms with Crippen LogP contribution in [0.15, 0.2) is 18.2 Å². The van der Waals surface area contributed by atoms with Crippen LogP contribution in [0.2, 0.25) is 0 Å². The molecule has 0 bridgehead atoms. The predicted octanol–water partition coefficient (Wildman–Crippen LogP) is 1.16. The van der Waals surface area contributed by atoms with Gasteiger partial charge in [0.2, 0.25) is 0 Å². The van der Waals surface area contributed by atoms with E-state index in [0.717, 1.165) is 31.9 Å². The Hall–Kier alpha value is -1.95. The Bertz CT molecular complexity index is 468. The molecular formula is C12H15N3O3. The molecule has 1 heterocycles. The maximum absolute atomic E-state index is 10.9. The first-order valence-corrected chi connectivity index (χ1v) is 5.79. The minimum absolute atomic E-state index is 0.123. The van der Waals surface area contributed by atoms with Gasteiger partial charge in [-0.25, -0.2) is 0 Å². The van der Waals surface area contributed by atoms with Crippen LogP contribution in [0, 0.1) is 10.1 Å². The van der Waals surface area contributed by atoms with E-state index in [0.29, 0.717) is 6.29 Å². The molecule has 0 unspecified atom stereocenters. The van der Waals surface area contributed by atoms with Crippen molar-refractivity contribution in [3.8, 4) is 0 Å². The highest BCUT2D eigenvalue weighted by Crippen LogP contribution is 2.25. The number of carbonyl (C=O) groups excluding carboxylic acids is 1. The van der Waals surface area contributed by atoms with Crippen LogP contribution in [0.3, 0.4) is 0 Å². The first-order chi connectivity index (χ1) is 8.61. The van der Waals surface area contributed by atoms with Crippen LogP contribution >= 0.6 is 0 Å². The van der Waals surface area contributed by atoms with Crippen LogP contribution in [-0.2, 0) is 0 Å². The summed E-state index contributed by atoms with van der Waals surface area (Å²) in [5, 5.41) is 10.9. The molecule has 1 aromatic carbocycles. The number of rotatable bonds is 3. The second kappa shape index (κ2) is 5.14. The van der Waals surface area contributed by atoms with Gasteiger partial charge >= 0.3 is 0 Å². The summed E-state index contributed by atoms with van der Waals surface area (Å²) in [6, 6.07) is 4.76. The van der Waals surface area contributed by atoms with Crippen LogP contribution in [0.5, 0.6) is 0 Å². The summed E-state index contributed by atoms with van der Waals surface area (Å²) < 4.78 is 0. The first-order valence-electron chi connectivity index (χ1n) is 5.79. The molecule has 0 radical (unpaired) electrons. The third-order valence-electron chi connectivity index (χ3n) is 3.21. The summed E-state index contributed by atoms with van der Waals surface area (Å²) in [5.41, 5.74) is 0.805. The lowest BCUT2D eigenvalue weighted by molar-refractivity contribution is -0.385. The Labute approximate surface area is 105 Å². The Morgan fingerprint density at radius 1 is 1.28 bits per heavy atom. The van der Waals surface area contributed by atoms with Crippen LogP contribution in [0.25, 0.3) is 0 Å². The minimum atomic E-state index is -0.511. The van der Waals surface area contributed by atoms with Crippen molar-refractivity contribution in [3.05, 3.63) is 33.9 Å². The molecule has 6 nitrogen and oxygen atoms in total. The fourth-order valence-electron chi connectivity index (χ4n) is 2.05. The normalized spacial score (nSPS) is 16.6. The number of nitro benzene ring substituents is 1. The number of aldehydes is 1. The van der Waals surface area contributed by atoms with Crippen molar-refractivity contribution in [1.29, 1.82) is 0 Å². The van der Waals surface area contributed by atoms with E-state index in [1.165, 1.54) is 12.1 Å². The lowest BCUT2D eigenvalue weighted by atomic mass is 10.1. The quantitative estimate of drug-likeness (QED) is 0.457. The van der Waals surface area contributed by atoms with Gasteiger partial charge in [0.15, 0.2) is 6.29 Å². The summed E-state index contributed by atoms with van der Waals surface area (Å²) in [6.45, 7) is 3.55. The predicted molar refractivity (Wildman–Crippen MR) is 68.2 cm³/mol. The molecule has 2 rings (SSSR count). The average molecular weight is 249 g/mol. The highest BCUT2D eigenvalue weighted by molar-refractivity contribution is 5.83. The molecule has 6 heteroatoms. The Balaban J connectivity index is 2.26. The van der Waals surface area contributed by atoms with Crippen LogP contribution in [0.1, 0.15) is 10.4 Å². The number of nitro groups is 1. The molecule has 1 fully saturated rings. The number of anilines is 1. The molecule has 0 aliphatic carbocycles. The molecule has 1 aromatic rings. The van der Waals surface area contributed by atoms with Crippen molar-refractivity contribution in [1.82, 2.24) is 4.90 Å². The van der Waals surface area contributed by atoms with Gasteiger partial charge in [0, 0.05) is 37.9 Å². The molecule has 96 valence electrons. The number of benzene rings is 1. The smallest absolute Gasteiger partial charge is 0.281 e. The summed E-state index contributed by atoms with van der Waals surface area (Å²) >= 11 is 0. The maximum Gasteiger partial charge on any atom is 0.281 e. The molecule has 0 saturated carbocycles. The van der Waals surface area contributed by atoms with Crippen molar-refractivity contribution in [3.63, 3.8) is 0 Å². The van der Waals surface area contributed by atoms with Crippen molar-refractivity contribution in [2.75, 3.05) is 38.1 Å². The highest BCUT2D eigenvalue weighted by atomic mass is 16.6. The monoisotopic (exact) mass is 249 g/mol. The summed E-state index contributed by atoms with van der Waals surface area (Å²) in [6.07, 6.45) is 0.520. The summed E-state index contributed by atoms with van der Waals surface area (Å²) in [5.74, 6) is 0. The number of likely N-dealkylation sites (N-methyl/N-ethyl adjacent to an activating group) is 1. The van der Waals surface area contributed by atoms with E-state index in [1.54, 1.807) is 6.07 Å². The van der Waals surface area contributed by atoms with Gasteiger partial charge in [0.25, 0.3) is 5.69 Å². The molecule has 1 aliphatic heterocycles. The fourth-order valence-corrected chi connectivity index (χ4v) is 2.05. The molecule has 0 amide bonds. The molecule has 0 N–H and O–H groups in total. The van der Waals surface area contributed by atoms with Gasteiger partial charge in [-0.1, -0.05) is 0 Å². The van der Waals surface area contributed by atoms with Gasteiger partial charge in [-0.05, 0) is 19.2 Å². The van der Waals surface area contributed by atoms with Gasteiger partial charge in [-0.15, -0.1) is 0 Å². The second-order valence-corrected chi connectivity index (χ2v) is 4.41. The number of hydrogen-bond acceptors (Lipinski definition) is 5. The summed E-state index contributed by atoms with van der Waals surface area (Å²) in [7, 11) is 2.05. The van der Waals surface area contributed by atoms with Gasteiger partial charge in [0.05, 0.1) is 10.5 Å².